The van der Waals surface area contributed by atoms with E-state index < -0.39 is 0 Å². The molecule has 2 amide bonds. The molecular weight excluding hydrogens is 300 g/mol. The van der Waals surface area contributed by atoms with Crippen LogP contribution in [0.25, 0.3) is 0 Å². The first kappa shape index (κ1) is 14.7. The first-order chi connectivity index (χ1) is 10.7. The summed E-state index contributed by atoms with van der Waals surface area (Å²) < 4.78 is 0. The van der Waals surface area contributed by atoms with Gasteiger partial charge in [0.15, 0.2) is 0 Å². The smallest absolute Gasteiger partial charge is 0.319 e. The molecule has 2 aromatic rings. The normalized spacial score (nSPS) is 17.3. The summed E-state index contributed by atoms with van der Waals surface area (Å²) in [6, 6.07) is 12.8. The van der Waals surface area contributed by atoms with Gasteiger partial charge in [-0.1, -0.05) is 17.7 Å². The van der Waals surface area contributed by atoms with Crippen LogP contribution < -0.4 is 15.5 Å². The van der Waals surface area contributed by atoms with Gasteiger partial charge in [0.2, 0.25) is 0 Å². The van der Waals surface area contributed by atoms with E-state index >= 15 is 0 Å². The van der Waals surface area contributed by atoms with Crippen LogP contribution in [0.15, 0.2) is 48.7 Å². The van der Waals surface area contributed by atoms with E-state index in [0.717, 1.165) is 31.0 Å². The molecule has 2 N–H and O–H groups in total. The minimum atomic E-state index is -0.199. The molecule has 6 heteroatoms. The number of carbonyl (C=O) groups excluding carboxylic acids is 1. The van der Waals surface area contributed by atoms with E-state index in [-0.39, 0.29) is 12.1 Å². The van der Waals surface area contributed by atoms with Gasteiger partial charge >= 0.3 is 6.03 Å². The largest absolute Gasteiger partial charge is 0.354 e. The number of amides is 2. The zero-order chi connectivity index (χ0) is 15.4. The van der Waals surface area contributed by atoms with Crippen LogP contribution in [-0.2, 0) is 0 Å². The Kier molecular flexibility index (Phi) is 4.44. The Morgan fingerprint density at radius 3 is 2.77 bits per heavy atom. The van der Waals surface area contributed by atoms with Gasteiger partial charge in [-0.2, -0.15) is 0 Å². The summed E-state index contributed by atoms with van der Waals surface area (Å²) in [6.45, 7) is 1.66. The maximum Gasteiger partial charge on any atom is 0.319 e. The SMILES string of the molecule is O=C(Nc1ccc(Cl)cc1)NC1CCN(c2ccccn2)C1. The van der Waals surface area contributed by atoms with Gasteiger partial charge in [0, 0.05) is 36.0 Å². The highest BCUT2D eigenvalue weighted by Crippen LogP contribution is 2.18. The van der Waals surface area contributed by atoms with Gasteiger partial charge < -0.3 is 15.5 Å². The minimum absolute atomic E-state index is 0.120. The third-order valence-corrected chi connectivity index (χ3v) is 3.85. The lowest BCUT2D eigenvalue weighted by Crippen LogP contribution is -2.39. The Morgan fingerprint density at radius 2 is 2.05 bits per heavy atom. The van der Waals surface area contributed by atoms with E-state index in [9.17, 15) is 4.79 Å². The van der Waals surface area contributed by atoms with Crippen molar-refractivity contribution in [2.75, 3.05) is 23.3 Å². The van der Waals surface area contributed by atoms with E-state index in [4.69, 9.17) is 11.6 Å². The van der Waals surface area contributed by atoms with E-state index in [1.165, 1.54) is 0 Å². The molecule has 2 heterocycles. The van der Waals surface area contributed by atoms with Crippen molar-refractivity contribution in [2.24, 2.45) is 0 Å². The molecule has 114 valence electrons. The number of carbonyl (C=O) groups is 1. The van der Waals surface area contributed by atoms with Crippen LogP contribution in [0, 0.1) is 0 Å². The van der Waals surface area contributed by atoms with E-state index in [1.807, 2.05) is 18.2 Å². The van der Waals surface area contributed by atoms with Crippen LogP contribution in [0.3, 0.4) is 0 Å². The summed E-state index contributed by atoms with van der Waals surface area (Å²) in [5, 5.41) is 6.44. The summed E-state index contributed by atoms with van der Waals surface area (Å²) in [5.41, 5.74) is 0.724. The van der Waals surface area contributed by atoms with Crippen molar-refractivity contribution in [3.05, 3.63) is 53.7 Å². The fourth-order valence-corrected chi connectivity index (χ4v) is 2.64. The summed E-state index contributed by atoms with van der Waals surface area (Å²) >= 11 is 5.82. The second-order valence-corrected chi connectivity index (χ2v) is 5.66. The number of nitrogens with one attached hydrogen (secondary N) is 2. The van der Waals surface area contributed by atoms with Gasteiger partial charge in [-0.15, -0.1) is 0 Å². The molecule has 0 saturated carbocycles. The van der Waals surface area contributed by atoms with Crippen LogP contribution in [0.5, 0.6) is 0 Å². The molecular formula is C16H17ClN4O. The Morgan fingerprint density at radius 1 is 1.23 bits per heavy atom. The fourth-order valence-electron chi connectivity index (χ4n) is 2.51. The zero-order valence-electron chi connectivity index (χ0n) is 12.0. The Balaban J connectivity index is 1.51. The summed E-state index contributed by atoms with van der Waals surface area (Å²) in [4.78, 5) is 18.5. The standard InChI is InChI=1S/C16H17ClN4O/c17-12-4-6-13(7-5-12)19-16(22)20-14-8-10-21(11-14)15-3-1-2-9-18-15/h1-7,9,14H,8,10-11H2,(H2,19,20,22). The zero-order valence-corrected chi connectivity index (χ0v) is 12.8. The highest BCUT2D eigenvalue weighted by Gasteiger charge is 2.24. The number of urea groups is 1. The first-order valence-corrected chi connectivity index (χ1v) is 7.57. The quantitative estimate of drug-likeness (QED) is 0.914. The predicted molar refractivity (Wildman–Crippen MR) is 88.5 cm³/mol. The van der Waals surface area contributed by atoms with Gasteiger partial charge in [0.1, 0.15) is 5.82 Å². The average molecular weight is 317 g/mol. The van der Waals surface area contributed by atoms with Gasteiger partial charge in [-0.25, -0.2) is 9.78 Å². The number of rotatable bonds is 3. The van der Waals surface area contributed by atoms with Crippen molar-refractivity contribution < 1.29 is 4.79 Å². The molecule has 3 rings (SSSR count). The van der Waals surface area contributed by atoms with E-state index in [0.29, 0.717) is 5.02 Å². The molecule has 0 spiro atoms. The number of halogens is 1. The summed E-state index contributed by atoms with van der Waals surface area (Å²) in [6.07, 6.45) is 2.69. The average Bonchev–Trinajstić information content (AvgIpc) is 2.99. The third kappa shape index (κ3) is 3.68. The molecule has 1 aromatic carbocycles. The van der Waals surface area contributed by atoms with Gasteiger partial charge in [0.25, 0.3) is 0 Å². The lowest BCUT2D eigenvalue weighted by Gasteiger charge is -2.18. The lowest BCUT2D eigenvalue weighted by molar-refractivity contribution is 0.249. The number of aromatic nitrogens is 1. The number of anilines is 2. The van der Waals surface area contributed by atoms with Crippen molar-refractivity contribution in [1.29, 1.82) is 0 Å². The summed E-state index contributed by atoms with van der Waals surface area (Å²) in [5.74, 6) is 0.949. The molecule has 1 unspecified atom stereocenters. The van der Waals surface area contributed by atoms with Crippen LogP contribution in [0.4, 0.5) is 16.3 Å². The maximum atomic E-state index is 12.0. The Labute approximate surface area is 134 Å². The van der Waals surface area contributed by atoms with Crippen LogP contribution in [0.1, 0.15) is 6.42 Å². The number of pyridine rings is 1. The Hall–Kier alpha value is -2.27. The monoisotopic (exact) mass is 316 g/mol. The first-order valence-electron chi connectivity index (χ1n) is 7.20. The van der Waals surface area contributed by atoms with Gasteiger partial charge in [-0.3, -0.25) is 0 Å². The van der Waals surface area contributed by atoms with E-state index in [1.54, 1.807) is 30.5 Å². The number of hydrogen-bond donors (Lipinski definition) is 2. The molecule has 1 saturated heterocycles. The highest BCUT2D eigenvalue weighted by molar-refractivity contribution is 6.30. The van der Waals surface area contributed by atoms with Gasteiger partial charge in [-0.05, 0) is 42.8 Å². The molecule has 1 aliphatic rings. The molecule has 1 aromatic heterocycles. The second kappa shape index (κ2) is 6.66. The van der Waals surface area contributed by atoms with Crippen LogP contribution in [-0.4, -0.2) is 30.1 Å². The van der Waals surface area contributed by atoms with Gasteiger partial charge in [0.05, 0.1) is 0 Å². The van der Waals surface area contributed by atoms with Crippen LogP contribution >= 0.6 is 11.6 Å². The van der Waals surface area contributed by atoms with Crippen molar-refractivity contribution in [3.63, 3.8) is 0 Å². The van der Waals surface area contributed by atoms with Crippen LogP contribution in [0.2, 0.25) is 5.02 Å². The molecule has 22 heavy (non-hydrogen) atoms. The third-order valence-electron chi connectivity index (χ3n) is 3.60. The minimum Gasteiger partial charge on any atom is -0.354 e. The lowest BCUT2D eigenvalue weighted by atomic mass is 10.3. The summed E-state index contributed by atoms with van der Waals surface area (Å²) in [7, 11) is 0. The number of nitrogens with zero attached hydrogens (tertiary/aromatic N) is 2. The Bertz CT molecular complexity index is 632. The molecule has 0 aliphatic carbocycles. The number of hydrogen-bond acceptors (Lipinski definition) is 3. The predicted octanol–water partition coefficient (Wildman–Crippen LogP) is 3.14. The fraction of sp³-hybridized carbons (Fsp3) is 0.250. The number of benzene rings is 1. The molecule has 1 fully saturated rings. The molecule has 1 aliphatic heterocycles. The molecule has 0 radical (unpaired) electrons. The van der Waals surface area contributed by atoms with Crippen molar-refractivity contribution in [1.82, 2.24) is 10.3 Å². The second-order valence-electron chi connectivity index (χ2n) is 5.22. The maximum absolute atomic E-state index is 12.0. The molecule has 0 bridgehead atoms. The van der Waals surface area contributed by atoms with Crippen molar-refractivity contribution >= 4 is 29.1 Å². The molecule has 1 atom stereocenters. The molecule has 5 nitrogen and oxygen atoms in total. The van der Waals surface area contributed by atoms with Crippen molar-refractivity contribution in [2.45, 2.75) is 12.5 Å². The highest BCUT2D eigenvalue weighted by atomic mass is 35.5. The van der Waals surface area contributed by atoms with Crippen molar-refractivity contribution in [3.8, 4) is 0 Å². The topological polar surface area (TPSA) is 57.3 Å². The van der Waals surface area contributed by atoms with E-state index in [2.05, 4.69) is 20.5 Å².